The van der Waals surface area contributed by atoms with E-state index in [1.807, 2.05) is 6.07 Å². The van der Waals surface area contributed by atoms with Gasteiger partial charge >= 0.3 is 0 Å². The van der Waals surface area contributed by atoms with E-state index in [0.29, 0.717) is 17.3 Å². The number of hydrogen-bond donors (Lipinski definition) is 2. The van der Waals surface area contributed by atoms with E-state index < -0.39 is 0 Å². The van der Waals surface area contributed by atoms with E-state index in [1.165, 1.54) is 0 Å². The zero-order valence-electron chi connectivity index (χ0n) is 6.96. The largest absolute Gasteiger partial charge is 0.484 e. The molecule has 13 heavy (non-hydrogen) atoms. The maximum absolute atomic E-state index is 8.89. The van der Waals surface area contributed by atoms with Crippen LogP contribution in [0.15, 0.2) is 18.2 Å². The van der Waals surface area contributed by atoms with Gasteiger partial charge in [-0.05, 0) is 12.1 Å². The van der Waals surface area contributed by atoms with Crippen molar-refractivity contribution in [2.24, 2.45) is 0 Å². The summed E-state index contributed by atoms with van der Waals surface area (Å²) in [5.74, 6) is 0.706. The van der Waals surface area contributed by atoms with Gasteiger partial charge in [0, 0.05) is 11.1 Å². The monoisotopic (exact) mass is 199 g/mol. The first-order valence-corrected chi connectivity index (χ1v) is 4.48. The third-order valence-electron chi connectivity index (χ3n) is 1.96. The van der Waals surface area contributed by atoms with Gasteiger partial charge < -0.3 is 15.2 Å². The summed E-state index contributed by atoms with van der Waals surface area (Å²) in [4.78, 5) is 0. The molecule has 0 fully saturated rings. The highest BCUT2D eigenvalue weighted by atomic mass is 35.5. The molecular weight excluding hydrogens is 190 g/mol. The molecule has 1 aliphatic rings. The average molecular weight is 200 g/mol. The lowest BCUT2D eigenvalue weighted by molar-refractivity contribution is 0.120. The van der Waals surface area contributed by atoms with Gasteiger partial charge in [-0.2, -0.15) is 0 Å². The van der Waals surface area contributed by atoms with Gasteiger partial charge in [0.1, 0.15) is 11.9 Å². The first kappa shape index (κ1) is 8.66. The number of benzene rings is 1. The average Bonchev–Trinajstić information content (AvgIpc) is 2.16. The SMILES string of the molecule is OCC1CNc2ccc(Cl)cc2O1. The van der Waals surface area contributed by atoms with Gasteiger partial charge in [-0.25, -0.2) is 0 Å². The number of rotatable bonds is 1. The molecule has 0 amide bonds. The van der Waals surface area contributed by atoms with E-state index >= 15 is 0 Å². The minimum absolute atomic E-state index is 0.0129. The van der Waals surface area contributed by atoms with Gasteiger partial charge in [0.2, 0.25) is 0 Å². The summed E-state index contributed by atoms with van der Waals surface area (Å²) in [7, 11) is 0. The van der Waals surface area contributed by atoms with E-state index in [0.717, 1.165) is 5.69 Å². The molecule has 4 heteroatoms. The van der Waals surface area contributed by atoms with Crippen LogP contribution in [-0.4, -0.2) is 24.4 Å². The molecule has 2 rings (SSSR count). The number of fused-ring (bicyclic) bond motifs is 1. The molecule has 0 bridgehead atoms. The van der Waals surface area contributed by atoms with Crippen LogP contribution >= 0.6 is 11.6 Å². The molecule has 70 valence electrons. The van der Waals surface area contributed by atoms with Gasteiger partial charge in [0.05, 0.1) is 18.8 Å². The highest BCUT2D eigenvalue weighted by Crippen LogP contribution is 2.31. The number of halogens is 1. The highest BCUT2D eigenvalue weighted by molar-refractivity contribution is 6.30. The molecule has 0 radical (unpaired) electrons. The Bertz CT molecular complexity index is 316. The summed E-state index contributed by atoms with van der Waals surface area (Å²) in [6.07, 6.45) is -0.175. The summed E-state index contributed by atoms with van der Waals surface area (Å²) in [5, 5.41) is 12.7. The lowest BCUT2D eigenvalue weighted by atomic mass is 10.2. The maximum Gasteiger partial charge on any atom is 0.144 e. The Labute approximate surface area is 81.3 Å². The molecule has 0 saturated heterocycles. The molecule has 0 aromatic heterocycles. The van der Waals surface area contributed by atoms with Gasteiger partial charge in [0.15, 0.2) is 0 Å². The van der Waals surface area contributed by atoms with E-state index in [9.17, 15) is 0 Å². The van der Waals surface area contributed by atoms with Crippen LogP contribution in [0.25, 0.3) is 0 Å². The van der Waals surface area contributed by atoms with Crippen LogP contribution in [0, 0.1) is 0 Å². The minimum Gasteiger partial charge on any atom is -0.484 e. The van der Waals surface area contributed by atoms with Crippen molar-refractivity contribution in [2.45, 2.75) is 6.10 Å². The maximum atomic E-state index is 8.89. The first-order chi connectivity index (χ1) is 6.29. The lowest BCUT2D eigenvalue weighted by Crippen LogP contribution is -2.33. The quantitative estimate of drug-likeness (QED) is 0.721. The molecule has 1 aliphatic heterocycles. The Morgan fingerprint density at radius 3 is 3.23 bits per heavy atom. The second-order valence-corrected chi connectivity index (χ2v) is 3.38. The van der Waals surface area contributed by atoms with Crippen molar-refractivity contribution in [2.75, 3.05) is 18.5 Å². The second-order valence-electron chi connectivity index (χ2n) is 2.94. The fourth-order valence-electron chi connectivity index (χ4n) is 1.29. The van der Waals surface area contributed by atoms with Crippen molar-refractivity contribution in [3.8, 4) is 5.75 Å². The number of nitrogens with one attached hydrogen (secondary N) is 1. The van der Waals surface area contributed by atoms with Gasteiger partial charge in [-0.1, -0.05) is 11.6 Å². The zero-order valence-corrected chi connectivity index (χ0v) is 7.71. The van der Waals surface area contributed by atoms with Gasteiger partial charge in [-0.15, -0.1) is 0 Å². The van der Waals surface area contributed by atoms with Gasteiger partial charge in [-0.3, -0.25) is 0 Å². The summed E-state index contributed by atoms with van der Waals surface area (Å²) < 4.78 is 5.46. The number of anilines is 1. The second kappa shape index (κ2) is 3.44. The predicted molar refractivity (Wildman–Crippen MR) is 51.4 cm³/mol. The topological polar surface area (TPSA) is 41.5 Å². The van der Waals surface area contributed by atoms with Crippen LogP contribution in [0.1, 0.15) is 0 Å². The van der Waals surface area contributed by atoms with Crippen molar-refractivity contribution < 1.29 is 9.84 Å². The number of ether oxygens (including phenoxy) is 1. The molecule has 1 aromatic rings. The highest BCUT2D eigenvalue weighted by Gasteiger charge is 2.17. The van der Waals surface area contributed by atoms with Gasteiger partial charge in [0.25, 0.3) is 0 Å². The van der Waals surface area contributed by atoms with E-state index in [1.54, 1.807) is 12.1 Å². The van der Waals surface area contributed by atoms with Crippen LogP contribution in [0.5, 0.6) is 5.75 Å². The zero-order chi connectivity index (χ0) is 9.26. The summed E-state index contributed by atoms with van der Waals surface area (Å²) in [6.45, 7) is 0.643. The molecule has 1 atom stereocenters. The van der Waals surface area contributed by atoms with Crippen LogP contribution in [-0.2, 0) is 0 Å². The smallest absolute Gasteiger partial charge is 0.144 e. The van der Waals surface area contributed by atoms with Crippen molar-refractivity contribution in [1.29, 1.82) is 0 Å². The minimum atomic E-state index is -0.175. The number of aliphatic hydroxyl groups is 1. The molecule has 3 nitrogen and oxygen atoms in total. The van der Waals surface area contributed by atoms with Crippen molar-refractivity contribution in [1.82, 2.24) is 0 Å². The third kappa shape index (κ3) is 1.71. The third-order valence-corrected chi connectivity index (χ3v) is 2.20. The number of aliphatic hydroxyl groups excluding tert-OH is 1. The van der Waals surface area contributed by atoms with Crippen molar-refractivity contribution in [3.63, 3.8) is 0 Å². The van der Waals surface area contributed by atoms with Crippen LogP contribution < -0.4 is 10.1 Å². The lowest BCUT2D eigenvalue weighted by Gasteiger charge is -2.25. The summed E-state index contributed by atoms with van der Waals surface area (Å²) in [6, 6.07) is 5.41. The molecule has 1 unspecified atom stereocenters. The Hall–Kier alpha value is -0.930. The molecule has 1 aromatic carbocycles. The molecular formula is C9H10ClNO2. The van der Waals surface area contributed by atoms with Crippen LogP contribution in [0.3, 0.4) is 0 Å². The normalized spacial score (nSPS) is 20.0. The first-order valence-electron chi connectivity index (χ1n) is 4.10. The Kier molecular flexibility index (Phi) is 2.29. The fourth-order valence-corrected chi connectivity index (χ4v) is 1.45. The molecule has 0 saturated carbocycles. The molecule has 2 N–H and O–H groups in total. The van der Waals surface area contributed by atoms with Crippen LogP contribution in [0.2, 0.25) is 5.02 Å². The molecule has 1 heterocycles. The van der Waals surface area contributed by atoms with Crippen molar-refractivity contribution >= 4 is 17.3 Å². The fraction of sp³-hybridized carbons (Fsp3) is 0.333. The summed E-state index contributed by atoms with van der Waals surface area (Å²) in [5.41, 5.74) is 0.925. The summed E-state index contributed by atoms with van der Waals surface area (Å²) >= 11 is 5.80. The van der Waals surface area contributed by atoms with Crippen LogP contribution in [0.4, 0.5) is 5.69 Å². The Morgan fingerprint density at radius 1 is 1.62 bits per heavy atom. The predicted octanol–water partition coefficient (Wildman–Crippen LogP) is 1.51. The van der Waals surface area contributed by atoms with E-state index in [2.05, 4.69) is 5.32 Å². The van der Waals surface area contributed by atoms with E-state index in [-0.39, 0.29) is 12.7 Å². The Morgan fingerprint density at radius 2 is 2.46 bits per heavy atom. The Balaban J connectivity index is 2.27. The standard InChI is InChI=1S/C9H10ClNO2/c10-6-1-2-8-9(3-6)13-7(5-12)4-11-8/h1-3,7,11-12H,4-5H2. The van der Waals surface area contributed by atoms with Crippen molar-refractivity contribution in [3.05, 3.63) is 23.2 Å². The molecule has 0 aliphatic carbocycles. The van der Waals surface area contributed by atoms with E-state index in [4.69, 9.17) is 21.4 Å². The number of hydrogen-bond acceptors (Lipinski definition) is 3. The molecule has 0 spiro atoms.